The zero-order chi connectivity index (χ0) is 16.9. The van der Waals surface area contributed by atoms with E-state index in [1.807, 2.05) is 18.2 Å². The summed E-state index contributed by atoms with van der Waals surface area (Å²) < 4.78 is 6.47. The second kappa shape index (κ2) is 5.45. The van der Waals surface area contributed by atoms with Crippen molar-refractivity contribution in [3.8, 4) is 0 Å². The van der Waals surface area contributed by atoms with Gasteiger partial charge in [0.05, 0.1) is 11.8 Å². The molecule has 24 heavy (non-hydrogen) atoms. The first-order valence-corrected chi connectivity index (χ1v) is 9.01. The molecule has 1 heterocycles. The van der Waals surface area contributed by atoms with Gasteiger partial charge >= 0.3 is 0 Å². The molecule has 2 bridgehead atoms. The van der Waals surface area contributed by atoms with E-state index in [1.54, 1.807) is 0 Å². The largest absolute Gasteiger partial charge is 0.359 e. The molecule has 128 valence electrons. The topological polar surface area (TPSA) is 30.8 Å². The van der Waals surface area contributed by atoms with E-state index in [0.717, 1.165) is 22.8 Å². The van der Waals surface area contributed by atoms with Crippen LogP contribution in [0.3, 0.4) is 0 Å². The fourth-order valence-corrected chi connectivity index (χ4v) is 5.14. The van der Waals surface area contributed by atoms with Crippen molar-refractivity contribution in [1.82, 2.24) is 0 Å². The molecular weight excluding hydrogens is 298 g/mol. The highest BCUT2D eigenvalue weighted by Crippen LogP contribution is 2.63. The van der Waals surface area contributed by atoms with Crippen LogP contribution in [0.5, 0.6) is 0 Å². The molecule has 1 aliphatic heterocycles. The van der Waals surface area contributed by atoms with Crippen molar-refractivity contribution < 1.29 is 9.57 Å². The zero-order valence-electron chi connectivity index (χ0n) is 14.9. The summed E-state index contributed by atoms with van der Waals surface area (Å²) in [6, 6.07) is 10.1. The van der Waals surface area contributed by atoms with E-state index in [1.165, 1.54) is 19.3 Å². The molecule has 0 aromatic heterocycles. The molecule has 0 radical (unpaired) electrons. The molecule has 1 aromatic carbocycles. The van der Waals surface area contributed by atoms with Crippen molar-refractivity contribution in [2.24, 2.45) is 21.9 Å². The van der Waals surface area contributed by atoms with Gasteiger partial charge in [-0.2, -0.15) is 0 Å². The highest BCUT2D eigenvalue weighted by molar-refractivity contribution is 6.01. The lowest BCUT2D eigenvalue weighted by Crippen LogP contribution is -2.45. The number of rotatable bonds is 3. The fraction of sp³-hybridized carbons (Fsp3) is 0.571. The summed E-state index contributed by atoms with van der Waals surface area (Å²) in [6.07, 6.45) is 4.34. The average molecular weight is 325 g/mol. The molecule has 1 aromatic rings. The van der Waals surface area contributed by atoms with Gasteiger partial charge in [0.25, 0.3) is 0 Å². The van der Waals surface area contributed by atoms with Crippen molar-refractivity contribution in [3.63, 3.8) is 0 Å². The third-order valence-corrected chi connectivity index (χ3v) is 6.49. The molecule has 0 unspecified atom stereocenters. The van der Waals surface area contributed by atoms with Gasteiger partial charge in [0.1, 0.15) is 0 Å². The van der Waals surface area contributed by atoms with Gasteiger partial charge in [0, 0.05) is 6.42 Å². The lowest BCUT2D eigenvalue weighted by Gasteiger charge is -2.44. The van der Waals surface area contributed by atoms with Crippen molar-refractivity contribution >= 4 is 5.71 Å². The summed E-state index contributed by atoms with van der Waals surface area (Å²) >= 11 is 0. The predicted octanol–water partition coefficient (Wildman–Crippen LogP) is 4.92. The van der Waals surface area contributed by atoms with Gasteiger partial charge in [-0.05, 0) is 47.1 Å². The van der Waals surface area contributed by atoms with Gasteiger partial charge in [0.15, 0.2) is 0 Å². The number of ether oxygens (including phenoxy) is 1. The lowest BCUT2D eigenvalue weighted by molar-refractivity contribution is -0.204. The summed E-state index contributed by atoms with van der Waals surface area (Å²) in [7, 11) is 0. The van der Waals surface area contributed by atoms with Crippen molar-refractivity contribution in [3.05, 3.63) is 48.0 Å². The van der Waals surface area contributed by atoms with E-state index in [0.29, 0.717) is 6.42 Å². The first-order valence-electron chi connectivity index (χ1n) is 9.01. The molecule has 0 N–H and O–H groups in total. The molecule has 3 heteroatoms. The second-order valence-corrected chi connectivity index (χ2v) is 8.61. The van der Waals surface area contributed by atoms with Gasteiger partial charge in [0.2, 0.25) is 6.29 Å². The SMILES string of the molecule is C=C1CC(c2ccccc2)=NO[C@@H]1O[C@H]1C(C)(C)[C@H]2CC[C@]1(C)C2. The molecule has 4 rings (SSSR count). The smallest absolute Gasteiger partial charge is 0.249 e. The molecule has 3 nitrogen and oxygen atoms in total. The van der Waals surface area contributed by atoms with E-state index >= 15 is 0 Å². The number of nitrogens with zero attached hydrogens (tertiary/aromatic N) is 1. The number of hydrogen-bond donors (Lipinski definition) is 0. The number of benzene rings is 1. The molecule has 0 saturated heterocycles. The molecule has 2 saturated carbocycles. The summed E-state index contributed by atoms with van der Waals surface area (Å²) in [6.45, 7) is 11.3. The lowest BCUT2D eigenvalue weighted by atomic mass is 9.70. The second-order valence-electron chi connectivity index (χ2n) is 8.61. The first-order chi connectivity index (χ1) is 11.4. The molecule has 0 spiro atoms. The maximum atomic E-state index is 6.47. The summed E-state index contributed by atoms with van der Waals surface area (Å²) in [4.78, 5) is 5.73. The Bertz CT molecular complexity index is 674. The molecule has 3 aliphatic rings. The maximum Gasteiger partial charge on any atom is 0.249 e. The predicted molar refractivity (Wildman–Crippen MR) is 95.7 cm³/mol. The van der Waals surface area contributed by atoms with Gasteiger partial charge in [-0.25, -0.2) is 0 Å². The Balaban J connectivity index is 1.51. The first kappa shape index (κ1) is 15.9. The van der Waals surface area contributed by atoms with Crippen LogP contribution in [0.1, 0.15) is 52.0 Å². The van der Waals surface area contributed by atoms with Crippen LogP contribution in [0.2, 0.25) is 0 Å². The zero-order valence-corrected chi connectivity index (χ0v) is 14.9. The van der Waals surface area contributed by atoms with Crippen LogP contribution in [0, 0.1) is 16.7 Å². The highest BCUT2D eigenvalue weighted by Gasteiger charge is 2.60. The highest BCUT2D eigenvalue weighted by atomic mass is 16.8. The molecular formula is C21H27NO2. The Kier molecular flexibility index (Phi) is 3.61. The number of hydrogen-bond acceptors (Lipinski definition) is 3. The Hall–Kier alpha value is -1.61. The van der Waals surface area contributed by atoms with E-state index in [2.05, 4.69) is 44.6 Å². The van der Waals surface area contributed by atoms with E-state index in [4.69, 9.17) is 9.57 Å². The number of oxime groups is 1. The number of fused-ring (bicyclic) bond motifs is 2. The average Bonchev–Trinajstić information content (AvgIpc) is 3.04. The van der Waals surface area contributed by atoms with Crippen LogP contribution < -0.4 is 0 Å². The molecule has 0 amide bonds. The Morgan fingerprint density at radius 3 is 2.58 bits per heavy atom. The van der Waals surface area contributed by atoms with E-state index in [9.17, 15) is 0 Å². The van der Waals surface area contributed by atoms with E-state index < -0.39 is 6.29 Å². The monoisotopic (exact) mass is 325 g/mol. The molecule has 2 fully saturated rings. The summed E-state index contributed by atoms with van der Waals surface area (Å²) in [5.41, 5.74) is 3.44. The minimum atomic E-state index is -0.419. The van der Waals surface area contributed by atoms with Gasteiger partial charge in [-0.15, -0.1) is 0 Å². The standard InChI is InChI=1S/C21H27NO2/c1-14-12-17(15-8-6-5-7-9-15)22-24-18(14)23-19-20(2,3)16-10-11-21(19,4)13-16/h5-9,16,18-19H,1,10-13H2,2-4H3/t16-,18-,19-,21+/m0/s1. The minimum Gasteiger partial charge on any atom is -0.359 e. The van der Waals surface area contributed by atoms with Crippen LogP contribution in [-0.4, -0.2) is 18.1 Å². The minimum absolute atomic E-state index is 0.195. The Morgan fingerprint density at radius 1 is 1.21 bits per heavy atom. The molecule has 4 atom stereocenters. The van der Waals surface area contributed by atoms with Crippen molar-refractivity contribution in [2.45, 2.75) is 58.8 Å². The Labute approximate surface area is 144 Å². The van der Waals surface area contributed by atoms with Crippen LogP contribution in [0.25, 0.3) is 0 Å². The van der Waals surface area contributed by atoms with Gasteiger partial charge < -0.3 is 9.57 Å². The van der Waals surface area contributed by atoms with Crippen LogP contribution in [0.4, 0.5) is 0 Å². The Morgan fingerprint density at radius 2 is 1.96 bits per heavy atom. The third-order valence-electron chi connectivity index (χ3n) is 6.49. The van der Waals surface area contributed by atoms with Crippen LogP contribution >= 0.6 is 0 Å². The fourth-order valence-electron chi connectivity index (χ4n) is 5.14. The quantitative estimate of drug-likeness (QED) is 0.738. The summed E-state index contributed by atoms with van der Waals surface area (Å²) in [5, 5.41) is 4.34. The van der Waals surface area contributed by atoms with Gasteiger partial charge in [-0.1, -0.05) is 62.8 Å². The van der Waals surface area contributed by atoms with E-state index in [-0.39, 0.29) is 16.9 Å². The van der Waals surface area contributed by atoms with Crippen LogP contribution in [0.15, 0.2) is 47.6 Å². The van der Waals surface area contributed by atoms with Crippen LogP contribution in [-0.2, 0) is 9.57 Å². The van der Waals surface area contributed by atoms with Crippen molar-refractivity contribution in [2.75, 3.05) is 0 Å². The van der Waals surface area contributed by atoms with Gasteiger partial charge in [-0.3, -0.25) is 0 Å². The maximum absolute atomic E-state index is 6.47. The molecule has 2 aliphatic carbocycles. The van der Waals surface area contributed by atoms with Crippen molar-refractivity contribution in [1.29, 1.82) is 0 Å². The summed E-state index contributed by atoms with van der Waals surface area (Å²) in [5.74, 6) is 0.757. The third kappa shape index (κ3) is 2.41. The normalized spacial score (nSPS) is 37.2.